The molecule has 0 aliphatic carbocycles. The van der Waals surface area contributed by atoms with Gasteiger partial charge in [0.05, 0.1) is 0 Å². The molecular weight excluding hydrogens is 759 g/mol. The van der Waals surface area contributed by atoms with Gasteiger partial charge in [0.1, 0.15) is 0 Å². The Morgan fingerprint density at radius 3 is 1.32 bits per heavy atom. The lowest BCUT2D eigenvalue weighted by molar-refractivity contribution is 1.71. The Balaban J connectivity index is 1.05. The van der Waals surface area contributed by atoms with Crippen molar-refractivity contribution in [3.05, 3.63) is 218 Å². The largest absolute Gasteiger partial charge is 0.0772 e. The van der Waals surface area contributed by atoms with Crippen molar-refractivity contribution < 1.29 is 0 Å². The molecule has 0 saturated carbocycles. The molecule has 13 rings (SSSR count). The number of fused-ring (bicyclic) bond motifs is 12. The van der Waals surface area contributed by atoms with Gasteiger partial charge in [0.25, 0.3) is 0 Å². The van der Waals surface area contributed by atoms with E-state index < -0.39 is 15.1 Å². The van der Waals surface area contributed by atoms with Gasteiger partial charge in [-0.3, -0.25) is 0 Å². The lowest BCUT2D eigenvalue weighted by Gasteiger charge is -2.16. The number of hydrogen-bond acceptors (Lipinski definition) is 0. The molecule has 2 unspecified atom stereocenters. The van der Waals surface area contributed by atoms with Crippen molar-refractivity contribution in [1.82, 2.24) is 0 Å². The molecule has 0 aliphatic heterocycles. The van der Waals surface area contributed by atoms with Crippen LogP contribution < -0.4 is 0 Å². The molecule has 0 bridgehead atoms. The second-order valence-electron chi connectivity index (χ2n) is 16.0. The van der Waals surface area contributed by atoms with Gasteiger partial charge >= 0.3 is 0 Å². The minimum Gasteiger partial charge on any atom is -0.0772 e. The van der Waals surface area contributed by atoms with E-state index in [0.717, 1.165) is 0 Å². The van der Waals surface area contributed by atoms with E-state index in [-0.39, 0.29) is 0 Å². The van der Waals surface area contributed by atoms with E-state index >= 15 is 0 Å². The fourth-order valence-electron chi connectivity index (χ4n) is 10.3. The Morgan fingerprint density at radius 2 is 0.700 bits per heavy atom. The van der Waals surface area contributed by atoms with Crippen LogP contribution in [0.5, 0.6) is 0 Å². The SMILES string of the molecule is c1ccc(-p2c3ccccc3c3cc(-c4cc5cc(-c6ccc7c(c6)c6ccccc6p7-c6cccc7ccccc67)c6ccccc6c5c5ccccc45)ccc32)cc1. The maximum absolute atomic E-state index is 2.49. The van der Waals surface area contributed by atoms with Gasteiger partial charge in [0.15, 0.2) is 0 Å². The molecule has 60 heavy (non-hydrogen) atoms. The highest BCUT2D eigenvalue weighted by molar-refractivity contribution is 7.68. The number of benzene rings is 11. The van der Waals surface area contributed by atoms with Gasteiger partial charge in [0, 0.05) is 25.8 Å². The highest BCUT2D eigenvalue weighted by atomic mass is 31.1. The maximum atomic E-state index is 2.49. The van der Waals surface area contributed by atoms with Crippen LogP contribution >= 0.6 is 15.1 Å². The summed E-state index contributed by atoms with van der Waals surface area (Å²) in [6.45, 7) is 0. The Kier molecular flexibility index (Phi) is 7.52. The molecule has 0 spiro atoms. The van der Waals surface area contributed by atoms with E-state index in [1.165, 1.54) is 118 Å². The predicted molar refractivity (Wildman–Crippen MR) is 265 cm³/mol. The normalized spacial score (nSPS) is 12.6. The van der Waals surface area contributed by atoms with Crippen molar-refractivity contribution in [2.75, 3.05) is 0 Å². The first-order valence-electron chi connectivity index (χ1n) is 20.8. The Hall–Kier alpha value is -6.94. The summed E-state index contributed by atoms with van der Waals surface area (Å²) in [4.78, 5) is 0. The summed E-state index contributed by atoms with van der Waals surface area (Å²) < 4.78 is 0. The molecule has 0 nitrogen and oxygen atoms in total. The van der Waals surface area contributed by atoms with Crippen LogP contribution in [-0.2, 0) is 0 Å². The van der Waals surface area contributed by atoms with Crippen molar-refractivity contribution in [1.29, 1.82) is 0 Å². The molecule has 0 saturated heterocycles. The molecule has 2 atom stereocenters. The lowest BCUT2D eigenvalue weighted by Crippen LogP contribution is -1.89. The van der Waals surface area contributed by atoms with Gasteiger partial charge in [0.2, 0.25) is 0 Å². The Bertz CT molecular complexity index is 3880. The van der Waals surface area contributed by atoms with Gasteiger partial charge in [-0.25, -0.2) is 0 Å². The van der Waals surface area contributed by atoms with Crippen LogP contribution in [0.3, 0.4) is 0 Å². The van der Waals surface area contributed by atoms with E-state index in [4.69, 9.17) is 0 Å². The molecule has 2 heterocycles. The third-order valence-electron chi connectivity index (χ3n) is 12.9. The first kappa shape index (κ1) is 34.0. The fourth-order valence-corrected chi connectivity index (χ4v) is 15.6. The highest BCUT2D eigenvalue weighted by Crippen LogP contribution is 2.58. The maximum Gasteiger partial charge on any atom is 0.00689 e. The van der Waals surface area contributed by atoms with Crippen molar-refractivity contribution in [2.24, 2.45) is 0 Å². The van der Waals surface area contributed by atoms with E-state index in [0.29, 0.717) is 0 Å². The van der Waals surface area contributed by atoms with Crippen LogP contribution in [0.1, 0.15) is 0 Å². The van der Waals surface area contributed by atoms with Gasteiger partial charge in [-0.05, 0) is 135 Å². The Morgan fingerprint density at radius 1 is 0.250 bits per heavy atom. The van der Waals surface area contributed by atoms with Crippen molar-refractivity contribution in [3.8, 4) is 32.9 Å². The van der Waals surface area contributed by atoms with E-state index in [9.17, 15) is 0 Å². The zero-order valence-corrected chi connectivity index (χ0v) is 34.5. The summed E-state index contributed by atoms with van der Waals surface area (Å²) in [5.74, 6) is 0. The Labute approximate surface area is 349 Å². The zero-order valence-electron chi connectivity index (χ0n) is 32.7. The summed E-state index contributed by atoms with van der Waals surface area (Å²) in [5, 5.41) is 24.5. The second kappa shape index (κ2) is 13.3. The first-order chi connectivity index (χ1) is 29.8. The summed E-state index contributed by atoms with van der Waals surface area (Å²) in [6, 6.07) is 82.6. The van der Waals surface area contributed by atoms with Gasteiger partial charge in [-0.2, -0.15) is 0 Å². The minimum atomic E-state index is -0.699. The zero-order chi connectivity index (χ0) is 39.3. The summed E-state index contributed by atoms with van der Waals surface area (Å²) in [6.07, 6.45) is 0. The third kappa shape index (κ3) is 4.99. The molecule has 0 amide bonds. The van der Waals surface area contributed by atoms with Crippen LogP contribution in [0.15, 0.2) is 218 Å². The minimum absolute atomic E-state index is 0.608. The quantitative estimate of drug-likeness (QED) is 0.156. The van der Waals surface area contributed by atoms with E-state index in [1.807, 2.05) is 0 Å². The molecule has 278 valence electrons. The molecule has 2 aromatic heterocycles. The molecule has 11 aromatic carbocycles. The fraction of sp³-hybridized carbons (Fsp3) is 0. The monoisotopic (exact) mass is 794 g/mol. The molecule has 0 N–H and O–H groups in total. The molecule has 13 aromatic rings. The number of rotatable bonds is 4. The molecule has 0 fully saturated rings. The summed E-state index contributed by atoms with van der Waals surface area (Å²) in [7, 11) is -1.31. The second-order valence-corrected chi connectivity index (χ2v) is 20.3. The molecule has 0 radical (unpaired) electrons. The van der Waals surface area contributed by atoms with Crippen LogP contribution in [0.25, 0.3) is 118 Å². The topological polar surface area (TPSA) is 0 Å². The summed E-state index contributed by atoms with van der Waals surface area (Å²) >= 11 is 0. The lowest BCUT2D eigenvalue weighted by atomic mass is 9.87. The predicted octanol–water partition coefficient (Wildman–Crippen LogP) is 18.2. The van der Waals surface area contributed by atoms with Crippen LogP contribution in [-0.4, -0.2) is 0 Å². The van der Waals surface area contributed by atoms with Crippen molar-refractivity contribution in [2.45, 2.75) is 0 Å². The van der Waals surface area contributed by atoms with Crippen LogP contribution in [0, 0.1) is 0 Å². The van der Waals surface area contributed by atoms with E-state index in [1.54, 1.807) is 0 Å². The van der Waals surface area contributed by atoms with Crippen molar-refractivity contribution in [3.63, 3.8) is 0 Å². The average molecular weight is 795 g/mol. The van der Waals surface area contributed by atoms with Crippen molar-refractivity contribution >= 4 is 100 Å². The van der Waals surface area contributed by atoms with Crippen LogP contribution in [0.2, 0.25) is 0 Å². The third-order valence-corrected chi connectivity index (χ3v) is 18.0. The highest BCUT2D eigenvalue weighted by Gasteiger charge is 2.20. The molecule has 2 heteroatoms. The molecular formula is C58H36P2. The first-order valence-corrected chi connectivity index (χ1v) is 23.4. The average Bonchev–Trinajstić information content (AvgIpc) is 3.83. The molecule has 0 aliphatic rings. The standard InChI is InChI=1S/C58H36P2/c1-2-17-41(18-3-1)59-54-26-12-10-22-45(54)51-33-38(29-31-56(51)59)49-35-40-36-50(44-21-7-9-25-48(44)58(40)47-24-8-6-20-43(47)49)39-30-32-57-52(34-39)46-23-11-13-27-55(46)60(57)53-28-14-16-37-15-4-5-19-42(37)53/h1-36H. The van der Waals surface area contributed by atoms with Crippen LogP contribution in [0.4, 0.5) is 0 Å². The number of hydrogen-bond donors (Lipinski definition) is 0. The van der Waals surface area contributed by atoms with E-state index in [2.05, 4.69) is 218 Å². The summed E-state index contributed by atoms with van der Waals surface area (Å²) in [5.41, 5.74) is 5.07. The van der Waals surface area contributed by atoms with Gasteiger partial charge in [-0.1, -0.05) is 191 Å². The van der Waals surface area contributed by atoms with Gasteiger partial charge < -0.3 is 0 Å². The van der Waals surface area contributed by atoms with Gasteiger partial charge in [-0.15, -0.1) is 0 Å². The smallest absolute Gasteiger partial charge is 0.00689 e.